The Morgan fingerprint density at radius 1 is 1.30 bits per heavy atom. The van der Waals surface area contributed by atoms with Crippen LogP contribution in [0.3, 0.4) is 0 Å². The minimum absolute atomic E-state index is 0.0118. The smallest absolute Gasteiger partial charge is 0.293 e. The molecule has 2 atom stereocenters. The average Bonchev–Trinajstić information content (AvgIpc) is 3.75. The van der Waals surface area contributed by atoms with Gasteiger partial charge in [-0.1, -0.05) is 0 Å². The van der Waals surface area contributed by atoms with Crippen molar-refractivity contribution in [1.82, 2.24) is 25.6 Å². The molecule has 0 radical (unpaired) electrons. The number of carbonyl (C=O) groups is 3. The van der Waals surface area contributed by atoms with E-state index in [1.54, 1.807) is 18.5 Å². The van der Waals surface area contributed by atoms with Crippen LogP contribution in [0.25, 0.3) is 0 Å². The molecule has 13 heteroatoms. The van der Waals surface area contributed by atoms with E-state index < -0.39 is 46.8 Å². The van der Waals surface area contributed by atoms with Gasteiger partial charge >= 0.3 is 0 Å². The van der Waals surface area contributed by atoms with E-state index in [1.165, 1.54) is 6.20 Å². The molecule has 2 aliphatic carbocycles. The number of alkyl halides is 2. The Labute approximate surface area is 209 Å². The Morgan fingerprint density at radius 2 is 2.03 bits per heavy atom. The lowest BCUT2D eigenvalue weighted by Gasteiger charge is -2.20. The zero-order chi connectivity index (χ0) is 26.6. The molecule has 0 bridgehead atoms. The number of anilines is 1. The molecule has 2 aromatic rings. The molecule has 2 fully saturated rings. The predicted molar refractivity (Wildman–Crippen MR) is 126 cm³/mol. The number of pyridine rings is 1. The number of Topliss-reactive ketones (excluding diaryl/α,β-unsaturated/α-hetero) is 1. The summed E-state index contributed by atoms with van der Waals surface area (Å²) in [6, 6.07) is 1.07. The summed E-state index contributed by atoms with van der Waals surface area (Å²) in [6.45, 7) is 1.55. The summed E-state index contributed by atoms with van der Waals surface area (Å²) in [5.74, 6) is 1.93. The Bertz CT molecular complexity index is 1350. The van der Waals surface area contributed by atoms with Crippen molar-refractivity contribution >= 4 is 23.3 Å². The Balaban J connectivity index is 1.45. The van der Waals surface area contributed by atoms with E-state index >= 15 is 0 Å². The van der Waals surface area contributed by atoms with E-state index in [-0.39, 0.29) is 28.8 Å². The number of halogens is 3. The second-order valence-electron chi connectivity index (χ2n) is 9.59. The molecule has 0 saturated heterocycles. The second-order valence-corrected chi connectivity index (χ2v) is 9.59. The highest BCUT2D eigenvalue weighted by Crippen LogP contribution is 2.54. The lowest BCUT2D eigenvalue weighted by Crippen LogP contribution is -2.45. The number of nitrogens with zero attached hydrogens (tertiary/aromatic N) is 2. The van der Waals surface area contributed by atoms with Crippen LogP contribution < -0.4 is 27.2 Å². The van der Waals surface area contributed by atoms with Crippen LogP contribution in [0.4, 0.5) is 18.9 Å². The molecule has 6 N–H and O–H groups in total. The number of nitrogens with two attached hydrogens (primary N) is 1. The first-order chi connectivity index (χ1) is 17.6. The van der Waals surface area contributed by atoms with Gasteiger partial charge in [0.2, 0.25) is 0 Å². The number of ketones is 1. The summed E-state index contributed by atoms with van der Waals surface area (Å²) in [5.41, 5.74) is 1.88. The summed E-state index contributed by atoms with van der Waals surface area (Å²) in [6.07, 6.45) is 1.90. The van der Waals surface area contributed by atoms with Crippen LogP contribution in [0.2, 0.25) is 0 Å². The fourth-order valence-corrected chi connectivity index (χ4v) is 5.33. The maximum absolute atomic E-state index is 14.5. The topological polar surface area (TPSA) is 143 Å². The SMILES string of the molecule is CN/C(=C\NN)C1(NC(=O)C(=O)c2c(C)c(C(=O)Nc3ccnc(C(F)F)c3F)n3c2C[C@H]2C[C@H]23)CC1. The maximum atomic E-state index is 14.5. The van der Waals surface area contributed by atoms with Gasteiger partial charge in [0.25, 0.3) is 24.0 Å². The van der Waals surface area contributed by atoms with Gasteiger partial charge in [-0.2, -0.15) is 0 Å². The van der Waals surface area contributed by atoms with Crippen molar-refractivity contribution in [3.8, 4) is 0 Å². The van der Waals surface area contributed by atoms with Gasteiger partial charge in [-0.15, -0.1) is 0 Å². The summed E-state index contributed by atoms with van der Waals surface area (Å²) in [7, 11) is 1.68. The van der Waals surface area contributed by atoms with E-state index in [9.17, 15) is 27.6 Å². The van der Waals surface area contributed by atoms with E-state index in [4.69, 9.17) is 5.84 Å². The molecule has 0 spiro atoms. The third-order valence-electron chi connectivity index (χ3n) is 7.36. The van der Waals surface area contributed by atoms with Gasteiger partial charge in [0, 0.05) is 31.2 Å². The number of rotatable bonds is 9. The molecular weight excluding hydrogens is 491 g/mol. The second kappa shape index (κ2) is 8.91. The number of hydrogen-bond acceptors (Lipinski definition) is 7. The van der Waals surface area contributed by atoms with Gasteiger partial charge in [0.05, 0.1) is 22.5 Å². The molecule has 5 rings (SSSR count). The molecule has 2 aromatic heterocycles. The van der Waals surface area contributed by atoms with Gasteiger partial charge in [0.15, 0.2) is 5.82 Å². The van der Waals surface area contributed by atoms with Gasteiger partial charge < -0.3 is 25.9 Å². The molecule has 2 amide bonds. The molecule has 0 unspecified atom stereocenters. The zero-order valence-corrected chi connectivity index (χ0v) is 20.1. The van der Waals surface area contributed by atoms with Crippen LogP contribution >= 0.6 is 0 Å². The number of fused-ring (bicyclic) bond motifs is 3. The number of amides is 2. The van der Waals surface area contributed by atoms with Crippen molar-refractivity contribution < 1.29 is 27.6 Å². The van der Waals surface area contributed by atoms with Crippen LogP contribution in [-0.2, 0) is 11.2 Å². The highest BCUT2D eigenvalue weighted by molar-refractivity contribution is 6.44. The first-order valence-electron chi connectivity index (χ1n) is 11.8. The number of aromatic nitrogens is 2. The highest BCUT2D eigenvalue weighted by Gasteiger charge is 2.52. The average molecular weight is 518 g/mol. The molecule has 10 nitrogen and oxygen atoms in total. The normalized spacial score (nSPS) is 20.7. The minimum Gasteiger partial charge on any atom is -0.388 e. The monoisotopic (exact) mass is 517 g/mol. The number of hydrazine groups is 1. The summed E-state index contributed by atoms with van der Waals surface area (Å²) < 4.78 is 42.4. The number of likely N-dealkylation sites (N-methyl/N-ethyl adjacent to an activating group) is 1. The highest BCUT2D eigenvalue weighted by atomic mass is 19.3. The molecule has 1 aliphatic heterocycles. The number of nitrogens with one attached hydrogen (secondary N) is 4. The van der Waals surface area contributed by atoms with Crippen LogP contribution in [0.1, 0.15) is 69.5 Å². The zero-order valence-electron chi connectivity index (χ0n) is 20.1. The summed E-state index contributed by atoms with van der Waals surface area (Å²) >= 11 is 0. The fraction of sp³-hybridized carbons (Fsp3) is 0.417. The predicted octanol–water partition coefficient (Wildman–Crippen LogP) is 1.99. The van der Waals surface area contributed by atoms with Gasteiger partial charge in [-0.05, 0) is 50.2 Å². The van der Waals surface area contributed by atoms with E-state index in [0.29, 0.717) is 30.7 Å². The lowest BCUT2D eigenvalue weighted by atomic mass is 10.0. The van der Waals surface area contributed by atoms with Gasteiger partial charge in [0.1, 0.15) is 11.4 Å². The van der Waals surface area contributed by atoms with Crippen LogP contribution in [0, 0.1) is 18.7 Å². The Kier molecular flexibility index (Phi) is 5.97. The van der Waals surface area contributed by atoms with Crippen molar-refractivity contribution in [3.05, 3.63) is 58.2 Å². The first kappa shape index (κ1) is 24.8. The Hall–Kier alpha value is -3.87. The van der Waals surface area contributed by atoms with Gasteiger partial charge in [-0.3, -0.25) is 25.2 Å². The van der Waals surface area contributed by atoms with E-state index in [0.717, 1.165) is 18.7 Å². The standard InChI is InChI=1S/C24H26F3N7O3/c1-10-16(20(35)23(37)33-24(4-5-24)15(29-2)9-31-28)14-8-11-7-13(11)34(14)19(10)22(36)32-12-3-6-30-18(17(12)25)21(26)27/h3,6,9,11,13,21,29,31H,4-5,7-8,28H2,1-2H3,(H,33,37)(H,30,32,36)/b15-9-/t11-,13-/m1/s1. The maximum Gasteiger partial charge on any atom is 0.293 e. The first-order valence-corrected chi connectivity index (χ1v) is 11.8. The summed E-state index contributed by atoms with van der Waals surface area (Å²) in [4.78, 5) is 43.1. The number of carbonyl (C=O) groups excluding carboxylic acids is 3. The number of hydrogen-bond donors (Lipinski definition) is 5. The van der Waals surface area contributed by atoms with Crippen LogP contribution in [0.15, 0.2) is 24.2 Å². The summed E-state index contributed by atoms with van der Waals surface area (Å²) in [5, 5.41) is 8.10. The van der Waals surface area contributed by atoms with Crippen molar-refractivity contribution in [2.75, 3.05) is 12.4 Å². The third-order valence-corrected chi connectivity index (χ3v) is 7.36. The third kappa shape index (κ3) is 4.02. The largest absolute Gasteiger partial charge is 0.388 e. The molecule has 3 aliphatic rings. The molecule has 0 aromatic carbocycles. The quantitative estimate of drug-likeness (QED) is 0.148. The lowest BCUT2D eigenvalue weighted by molar-refractivity contribution is -0.117. The van der Waals surface area contributed by atoms with Crippen molar-refractivity contribution in [1.29, 1.82) is 0 Å². The minimum atomic E-state index is -3.15. The fourth-order valence-electron chi connectivity index (χ4n) is 5.33. The van der Waals surface area contributed by atoms with Crippen molar-refractivity contribution in [3.63, 3.8) is 0 Å². The van der Waals surface area contributed by atoms with E-state index in [1.807, 2.05) is 0 Å². The molecule has 196 valence electrons. The van der Waals surface area contributed by atoms with E-state index in [2.05, 4.69) is 26.4 Å². The van der Waals surface area contributed by atoms with Gasteiger partial charge in [-0.25, -0.2) is 13.2 Å². The van der Waals surface area contributed by atoms with Crippen LogP contribution in [0.5, 0.6) is 0 Å². The van der Waals surface area contributed by atoms with Crippen LogP contribution in [-0.4, -0.2) is 39.7 Å². The molecular formula is C24H26F3N7O3. The molecule has 2 saturated carbocycles. The van der Waals surface area contributed by atoms with Crippen molar-refractivity contribution in [2.45, 2.75) is 50.6 Å². The Morgan fingerprint density at radius 3 is 2.65 bits per heavy atom. The van der Waals surface area contributed by atoms with Crippen molar-refractivity contribution in [2.24, 2.45) is 11.8 Å². The molecule has 3 heterocycles. The molecule has 37 heavy (non-hydrogen) atoms.